The number of nitrogens with zero attached hydrogens (tertiary/aromatic N) is 1. The summed E-state index contributed by atoms with van der Waals surface area (Å²) in [4.78, 5) is 15.0. The van der Waals surface area contributed by atoms with Gasteiger partial charge < -0.3 is 9.64 Å². The number of hydrazine groups is 1. The highest BCUT2D eigenvalue weighted by Crippen LogP contribution is 2.26. The highest BCUT2D eigenvalue weighted by molar-refractivity contribution is 5.82. The molecule has 2 unspecified atom stereocenters. The maximum atomic E-state index is 12.9. The molecule has 0 saturated carbocycles. The van der Waals surface area contributed by atoms with E-state index in [0.29, 0.717) is 5.92 Å². The minimum absolute atomic E-state index is 0.136. The largest absolute Gasteiger partial charge is 0.497 e. The molecule has 2 N–H and O–H groups in total. The lowest BCUT2D eigenvalue weighted by Gasteiger charge is -2.33. The Morgan fingerprint density at radius 2 is 1.75 bits per heavy atom. The third-order valence-corrected chi connectivity index (χ3v) is 6.01. The van der Waals surface area contributed by atoms with Crippen molar-refractivity contribution in [3.05, 3.63) is 65.7 Å². The Balaban J connectivity index is 1.26. The molecule has 0 aliphatic carbocycles. The number of hydrogen-bond donors (Lipinski definition) is 2. The van der Waals surface area contributed by atoms with E-state index < -0.39 is 0 Å². The molecular weight excluding hydrogens is 350 g/mol. The van der Waals surface area contributed by atoms with Crippen molar-refractivity contribution >= 4 is 5.91 Å². The van der Waals surface area contributed by atoms with Gasteiger partial charge in [-0.2, -0.15) is 0 Å². The van der Waals surface area contributed by atoms with Crippen molar-refractivity contribution in [2.24, 2.45) is 5.92 Å². The molecule has 2 atom stereocenters. The van der Waals surface area contributed by atoms with Gasteiger partial charge in [-0.25, -0.2) is 10.9 Å². The highest BCUT2D eigenvalue weighted by atomic mass is 16.5. The van der Waals surface area contributed by atoms with Gasteiger partial charge >= 0.3 is 0 Å². The molecule has 2 fully saturated rings. The Hall–Kier alpha value is -2.37. The number of likely N-dealkylation sites (tertiary alicyclic amines) is 1. The summed E-state index contributed by atoms with van der Waals surface area (Å²) in [6.45, 7) is 1.71. The second-order valence-corrected chi connectivity index (χ2v) is 7.86. The zero-order valence-corrected chi connectivity index (χ0v) is 16.4. The first kappa shape index (κ1) is 19.0. The van der Waals surface area contributed by atoms with E-state index in [2.05, 4.69) is 35.1 Å². The summed E-state index contributed by atoms with van der Waals surface area (Å²) < 4.78 is 5.23. The van der Waals surface area contributed by atoms with Crippen LogP contribution in [0.25, 0.3) is 0 Å². The number of benzene rings is 2. The molecule has 5 nitrogen and oxygen atoms in total. The van der Waals surface area contributed by atoms with Crippen LogP contribution in [0.2, 0.25) is 0 Å². The Morgan fingerprint density at radius 1 is 1.04 bits per heavy atom. The molecule has 1 amide bonds. The third-order valence-electron chi connectivity index (χ3n) is 6.01. The standard InChI is InChI=1S/C23H29N3O2/c1-28-20-9-7-17(8-10-20)15-18-11-13-26(14-12-18)23(27)22-16-21(24-25-22)19-5-3-2-4-6-19/h2-10,18,21-22,24-25H,11-16H2,1H3. The smallest absolute Gasteiger partial charge is 0.241 e. The summed E-state index contributed by atoms with van der Waals surface area (Å²) in [6.07, 6.45) is 4.01. The quantitative estimate of drug-likeness (QED) is 0.838. The number of hydrogen-bond acceptors (Lipinski definition) is 4. The normalized spacial score (nSPS) is 23.0. The Kier molecular flexibility index (Phi) is 5.93. The van der Waals surface area contributed by atoms with Crippen molar-refractivity contribution in [3.63, 3.8) is 0 Å². The summed E-state index contributed by atoms with van der Waals surface area (Å²) in [6, 6.07) is 18.7. The molecule has 4 rings (SSSR count). The molecule has 2 saturated heterocycles. The maximum Gasteiger partial charge on any atom is 0.241 e. The average molecular weight is 380 g/mol. The molecule has 148 valence electrons. The molecule has 2 heterocycles. The molecule has 0 aromatic heterocycles. The van der Waals surface area contributed by atoms with Crippen LogP contribution in [0.3, 0.4) is 0 Å². The molecule has 5 heteroatoms. The zero-order chi connectivity index (χ0) is 19.3. The van der Waals surface area contributed by atoms with Gasteiger partial charge in [0.25, 0.3) is 0 Å². The number of ether oxygens (including phenoxy) is 1. The minimum Gasteiger partial charge on any atom is -0.497 e. The maximum absolute atomic E-state index is 12.9. The first-order valence-electron chi connectivity index (χ1n) is 10.2. The summed E-state index contributed by atoms with van der Waals surface area (Å²) in [5.74, 6) is 1.77. The van der Waals surface area contributed by atoms with Crippen LogP contribution < -0.4 is 15.6 Å². The predicted molar refractivity (Wildman–Crippen MR) is 110 cm³/mol. The zero-order valence-electron chi connectivity index (χ0n) is 16.4. The van der Waals surface area contributed by atoms with Gasteiger partial charge in [0.1, 0.15) is 11.8 Å². The third kappa shape index (κ3) is 4.37. The van der Waals surface area contributed by atoms with Crippen LogP contribution in [0.4, 0.5) is 0 Å². The van der Waals surface area contributed by atoms with Crippen LogP contribution in [-0.4, -0.2) is 37.0 Å². The molecular formula is C23H29N3O2. The van der Waals surface area contributed by atoms with Crippen LogP contribution in [0.15, 0.2) is 54.6 Å². The number of methoxy groups -OCH3 is 1. The Morgan fingerprint density at radius 3 is 2.43 bits per heavy atom. The highest BCUT2D eigenvalue weighted by Gasteiger charge is 2.34. The predicted octanol–water partition coefficient (Wildman–Crippen LogP) is 3.08. The summed E-state index contributed by atoms with van der Waals surface area (Å²) in [7, 11) is 1.69. The topological polar surface area (TPSA) is 53.6 Å². The lowest BCUT2D eigenvalue weighted by atomic mass is 9.89. The van der Waals surface area contributed by atoms with Crippen LogP contribution >= 0.6 is 0 Å². The van der Waals surface area contributed by atoms with Crippen LogP contribution in [-0.2, 0) is 11.2 Å². The molecule has 2 aliphatic rings. The van der Waals surface area contributed by atoms with E-state index >= 15 is 0 Å². The monoisotopic (exact) mass is 379 g/mol. The van der Waals surface area contributed by atoms with E-state index in [1.807, 2.05) is 35.2 Å². The van der Waals surface area contributed by atoms with Gasteiger partial charge in [-0.1, -0.05) is 42.5 Å². The molecule has 2 aliphatic heterocycles. The lowest BCUT2D eigenvalue weighted by Crippen LogP contribution is -2.48. The van der Waals surface area contributed by atoms with Gasteiger partial charge in [-0.15, -0.1) is 0 Å². The van der Waals surface area contributed by atoms with Gasteiger partial charge in [-0.05, 0) is 54.9 Å². The fourth-order valence-corrected chi connectivity index (χ4v) is 4.29. The van der Waals surface area contributed by atoms with Gasteiger partial charge in [-0.3, -0.25) is 4.79 Å². The molecule has 2 aromatic rings. The van der Waals surface area contributed by atoms with Crippen LogP contribution in [0.1, 0.15) is 36.4 Å². The second-order valence-electron chi connectivity index (χ2n) is 7.86. The van der Waals surface area contributed by atoms with Crippen molar-refractivity contribution < 1.29 is 9.53 Å². The number of carbonyl (C=O) groups is 1. The van der Waals surface area contributed by atoms with Crippen molar-refractivity contribution in [3.8, 4) is 5.75 Å². The van der Waals surface area contributed by atoms with Gasteiger partial charge in [0.2, 0.25) is 5.91 Å². The molecule has 2 aromatic carbocycles. The fraction of sp³-hybridized carbons (Fsp3) is 0.435. The van der Waals surface area contributed by atoms with E-state index in [1.54, 1.807) is 7.11 Å². The lowest BCUT2D eigenvalue weighted by molar-refractivity contribution is -0.134. The molecule has 0 radical (unpaired) electrons. The number of amides is 1. The number of rotatable bonds is 5. The van der Waals surface area contributed by atoms with Gasteiger partial charge in [0.15, 0.2) is 0 Å². The van der Waals surface area contributed by atoms with Crippen molar-refractivity contribution in [2.45, 2.75) is 37.8 Å². The molecule has 0 bridgehead atoms. The van der Waals surface area contributed by atoms with Crippen molar-refractivity contribution in [1.29, 1.82) is 0 Å². The number of carbonyl (C=O) groups excluding carboxylic acids is 1. The van der Waals surface area contributed by atoms with E-state index in [-0.39, 0.29) is 18.0 Å². The van der Waals surface area contributed by atoms with Gasteiger partial charge in [0.05, 0.1) is 7.11 Å². The fourth-order valence-electron chi connectivity index (χ4n) is 4.29. The van der Waals surface area contributed by atoms with Gasteiger partial charge in [0, 0.05) is 19.1 Å². The first-order chi connectivity index (χ1) is 13.7. The summed E-state index contributed by atoms with van der Waals surface area (Å²) in [5.41, 5.74) is 9.07. The van der Waals surface area contributed by atoms with E-state index in [4.69, 9.17) is 4.74 Å². The van der Waals surface area contributed by atoms with E-state index in [1.165, 1.54) is 11.1 Å². The number of piperidine rings is 1. The molecule has 0 spiro atoms. The molecule has 28 heavy (non-hydrogen) atoms. The SMILES string of the molecule is COc1ccc(CC2CCN(C(=O)C3CC(c4ccccc4)NN3)CC2)cc1. The number of nitrogens with one attached hydrogen (secondary N) is 2. The van der Waals surface area contributed by atoms with E-state index in [0.717, 1.165) is 44.5 Å². The Bertz CT molecular complexity index is 770. The summed E-state index contributed by atoms with van der Waals surface area (Å²) >= 11 is 0. The van der Waals surface area contributed by atoms with Crippen molar-refractivity contribution in [2.75, 3.05) is 20.2 Å². The average Bonchev–Trinajstić information content (AvgIpc) is 3.25. The van der Waals surface area contributed by atoms with Crippen LogP contribution in [0.5, 0.6) is 5.75 Å². The van der Waals surface area contributed by atoms with Crippen LogP contribution in [0, 0.1) is 5.92 Å². The second kappa shape index (κ2) is 8.76. The van der Waals surface area contributed by atoms with E-state index in [9.17, 15) is 4.79 Å². The first-order valence-corrected chi connectivity index (χ1v) is 10.2. The summed E-state index contributed by atoms with van der Waals surface area (Å²) in [5, 5.41) is 0. The Labute approximate surface area is 167 Å². The van der Waals surface area contributed by atoms with Crippen molar-refractivity contribution in [1.82, 2.24) is 15.8 Å². The minimum atomic E-state index is -0.136.